The van der Waals surface area contributed by atoms with Gasteiger partial charge < -0.3 is 5.11 Å². The van der Waals surface area contributed by atoms with Gasteiger partial charge in [0.15, 0.2) is 0 Å². The first-order valence-electron chi connectivity index (χ1n) is 3.82. The molecule has 0 spiro atoms. The van der Waals surface area contributed by atoms with Gasteiger partial charge >= 0.3 is 39.5 Å². The molecule has 2 N–H and O–H groups in total. The van der Waals surface area contributed by atoms with E-state index in [4.69, 9.17) is 9.66 Å². The molecule has 0 aliphatic carbocycles. The van der Waals surface area contributed by atoms with E-state index in [9.17, 15) is 48.3 Å². The van der Waals surface area contributed by atoms with Crippen LogP contribution < -0.4 is 0 Å². The Hall–Kier alpha value is -1.22. The van der Waals surface area contributed by atoms with Crippen LogP contribution in [0.15, 0.2) is 0 Å². The second kappa shape index (κ2) is 4.66. The summed E-state index contributed by atoms with van der Waals surface area (Å²) < 4.78 is 128. The highest BCUT2D eigenvalue weighted by molar-refractivity contribution is 7.86. The monoisotopic (exact) mass is 342 g/mol. The molecule has 0 aromatic rings. The number of alkyl halides is 8. The van der Waals surface area contributed by atoms with E-state index in [1.165, 1.54) is 0 Å². The summed E-state index contributed by atoms with van der Waals surface area (Å²) >= 11 is 0. The van der Waals surface area contributed by atoms with Gasteiger partial charge in [-0.3, -0.25) is 9.29 Å². The van der Waals surface area contributed by atoms with Crippen molar-refractivity contribution in [3.63, 3.8) is 0 Å². The Bertz CT molecular complexity index is 496. The van der Waals surface area contributed by atoms with Crippen LogP contribution in [0.2, 0.25) is 0 Å². The number of halogens is 8. The molecule has 20 heavy (non-hydrogen) atoms. The molecule has 0 aliphatic rings. The number of hydrogen-bond acceptors (Lipinski definition) is 4. The molecule has 0 radical (unpaired) electrons. The zero-order chi connectivity index (χ0) is 16.8. The average Bonchev–Trinajstić information content (AvgIpc) is 2.12. The fraction of sp³-hybridized carbons (Fsp3) is 0.800. The molecule has 0 aromatic heterocycles. The van der Waals surface area contributed by atoms with Crippen molar-refractivity contribution in [1.82, 2.24) is 0 Å². The van der Waals surface area contributed by atoms with Crippen LogP contribution in [0.4, 0.5) is 35.1 Å². The van der Waals surface area contributed by atoms with E-state index in [0.717, 1.165) is 0 Å². The van der Waals surface area contributed by atoms with Crippen molar-refractivity contribution in [2.75, 3.05) is 0 Å². The Balaban J connectivity index is 5.86. The molecule has 0 amide bonds. The van der Waals surface area contributed by atoms with Gasteiger partial charge in [0.1, 0.15) is 0 Å². The third-order valence-electron chi connectivity index (χ3n) is 1.57. The summed E-state index contributed by atoms with van der Waals surface area (Å²) in [7, 11) is -7.04. The molecule has 0 aliphatic heterocycles. The van der Waals surface area contributed by atoms with E-state index in [-0.39, 0.29) is 0 Å². The Labute approximate surface area is 103 Å². The zero-order valence-electron chi connectivity index (χ0n) is 8.46. The summed E-state index contributed by atoms with van der Waals surface area (Å²) in [6.45, 7) is 0. The van der Waals surface area contributed by atoms with Crippen LogP contribution in [0.25, 0.3) is 0 Å². The average molecular weight is 342 g/mol. The fourth-order valence-electron chi connectivity index (χ4n) is 0.609. The summed E-state index contributed by atoms with van der Waals surface area (Å²) in [5, 5.41) is 1.05. The molecule has 6 nitrogen and oxygen atoms in total. The maximum atomic E-state index is 12.8. The highest BCUT2D eigenvalue weighted by atomic mass is 32.2. The lowest BCUT2D eigenvalue weighted by molar-refractivity contribution is -0.426. The lowest BCUT2D eigenvalue weighted by Gasteiger charge is -2.30. The zero-order valence-corrected chi connectivity index (χ0v) is 9.28. The number of aliphatic carboxylic acids is 1. The maximum Gasteiger partial charge on any atom is 0.460 e. The van der Waals surface area contributed by atoms with Crippen molar-refractivity contribution >= 4 is 16.1 Å². The molecule has 0 saturated carbocycles. The van der Waals surface area contributed by atoms with Crippen molar-refractivity contribution in [2.24, 2.45) is 0 Å². The number of carboxylic acids is 1. The van der Waals surface area contributed by atoms with Crippen LogP contribution in [0, 0.1) is 0 Å². The molecule has 1 atom stereocenters. The van der Waals surface area contributed by atoms with Crippen LogP contribution in [-0.4, -0.2) is 47.4 Å². The lowest BCUT2D eigenvalue weighted by Crippen LogP contribution is -2.59. The minimum Gasteiger partial charge on any atom is -0.477 e. The van der Waals surface area contributed by atoms with E-state index in [0.29, 0.717) is 0 Å². The molecular weight excluding hydrogens is 340 g/mol. The van der Waals surface area contributed by atoms with Gasteiger partial charge in [-0.1, -0.05) is 0 Å². The lowest BCUT2D eigenvalue weighted by atomic mass is 10.3. The molecule has 1 unspecified atom stereocenters. The quantitative estimate of drug-likeness (QED) is 0.578. The Morgan fingerprint density at radius 1 is 0.950 bits per heavy atom. The standard InChI is InChI=1S/C5H2F8O6S/c6-2(1(14)15,3(7,8)9)19-4(10,11)5(12,13)20(16,17)18/h(H,14,15)(H,16,17,18). The third-order valence-corrected chi connectivity index (χ3v) is 2.46. The highest BCUT2D eigenvalue weighted by Crippen LogP contribution is 2.46. The van der Waals surface area contributed by atoms with Crippen LogP contribution in [-0.2, 0) is 19.6 Å². The second-order valence-corrected chi connectivity index (χ2v) is 4.47. The van der Waals surface area contributed by atoms with Crippen molar-refractivity contribution < 1.29 is 62.7 Å². The Kier molecular flexibility index (Phi) is 4.37. The molecule has 0 rings (SSSR count). The molecule has 0 bridgehead atoms. The summed E-state index contributed by atoms with van der Waals surface area (Å²) in [4.78, 5) is 9.91. The smallest absolute Gasteiger partial charge is 0.460 e. The Morgan fingerprint density at radius 2 is 1.30 bits per heavy atom. The second-order valence-electron chi connectivity index (χ2n) is 3.01. The van der Waals surface area contributed by atoms with E-state index in [2.05, 4.69) is 0 Å². The predicted molar refractivity (Wildman–Crippen MR) is 40.1 cm³/mol. The van der Waals surface area contributed by atoms with E-state index >= 15 is 0 Å². The van der Waals surface area contributed by atoms with Gasteiger partial charge in [-0.25, -0.2) is 4.79 Å². The Morgan fingerprint density at radius 3 is 1.50 bits per heavy atom. The van der Waals surface area contributed by atoms with Gasteiger partial charge in [0, 0.05) is 0 Å². The maximum absolute atomic E-state index is 12.8. The summed E-state index contributed by atoms with van der Waals surface area (Å²) in [5.74, 6) is -10.1. The molecule has 0 aromatic carbocycles. The summed E-state index contributed by atoms with van der Waals surface area (Å²) in [6.07, 6.45) is -13.6. The van der Waals surface area contributed by atoms with Crippen molar-refractivity contribution in [2.45, 2.75) is 23.4 Å². The van der Waals surface area contributed by atoms with Crippen molar-refractivity contribution in [3.8, 4) is 0 Å². The number of ether oxygens (including phenoxy) is 1. The highest BCUT2D eigenvalue weighted by Gasteiger charge is 2.76. The minimum atomic E-state index is -7.04. The fourth-order valence-corrected chi connectivity index (χ4v) is 0.951. The number of carbonyl (C=O) groups is 1. The largest absolute Gasteiger partial charge is 0.477 e. The van der Waals surface area contributed by atoms with Gasteiger partial charge in [0.2, 0.25) is 0 Å². The summed E-state index contributed by atoms with van der Waals surface area (Å²) in [6, 6.07) is 0. The van der Waals surface area contributed by atoms with Gasteiger partial charge in [-0.05, 0) is 0 Å². The third kappa shape index (κ3) is 2.93. The first-order chi connectivity index (χ1) is 8.40. The molecule has 120 valence electrons. The van der Waals surface area contributed by atoms with Gasteiger partial charge in [-0.2, -0.15) is 43.5 Å². The first kappa shape index (κ1) is 18.8. The number of rotatable bonds is 5. The van der Waals surface area contributed by atoms with E-state index in [1.54, 1.807) is 0 Å². The van der Waals surface area contributed by atoms with Crippen molar-refractivity contribution in [3.05, 3.63) is 0 Å². The van der Waals surface area contributed by atoms with Crippen LogP contribution in [0.3, 0.4) is 0 Å². The topological polar surface area (TPSA) is 101 Å². The predicted octanol–water partition coefficient (Wildman–Crippen LogP) is 1.39. The van der Waals surface area contributed by atoms with Crippen LogP contribution >= 0.6 is 0 Å². The molecule has 15 heteroatoms. The molecular formula is C5H2F8O6S. The number of carboxylic acid groups (broad SMARTS) is 1. The van der Waals surface area contributed by atoms with Crippen molar-refractivity contribution in [1.29, 1.82) is 0 Å². The SMILES string of the molecule is O=C(O)C(F)(OC(F)(F)C(F)(F)S(=O)(=O)O)C(F)(F)F. The van der Waals surface area contributed by atoms with E-state index in [1.807, 2.05) is 4.74 Å². The van der Waals surface area contributed by atoms with Crippen LogP contribution in [0.5, 0.6) is 0 Å². The van der Waals surface area contributed by atoms with Crippen LogP contribution in [0.1, 0.15) is 0 Å². The normalized spacial score (nSPS) is 17.6. The minimum absolute atomic E-state index is 1.83. The van der Waals surface area contributed by atoms with Gasteiger partial charge in [0.05, 0.1) is 0 Å². The van der Waals surface area contributed by atoms with Gasteiger partial charge in [0.25, 0.3) is 0 Å². The van der Waals surface area contributed by atoms with Gasteiger partial charge in [-0.15, -0.1) is 0 Å². The van der Waals surface area contributed by atoms with E-state index < -0.39 is 39.5 Å². The summed E-state index contributed by atoms with van der Waals surface area (Å²) in [5.41, 5.74) is 0. The molecule has 0 saturated heterocycles. The molecule has 0 fully saturated rings. The number of hydrogen-bond donors (Lipinski definition) is 2. The molecule has 0 heterocycles. The first-order valence-corrected chi connectivity index (χ1v) is 5.26.